The average molecular weight is 434 g/mol. The number of rotatable bonds is 7. The molecule has 2 aromatic rings. The Hall–Kier alpha value is -3.86. The molecule has 32 heavy (non-hydrogen) atoms. The summed E-state index contributed by atoms with van der Waals surface area (Å²) in [4.78, 5) is 39.3. The van der Waals surface area contributed by atoms with Crippen LogP contribution in [0.25, 0.3) is 0 Å². The van der Waals surface area contributed by atoms with Gasteiger partial charge in [-0.05, 0) is 30.0 Å². The number of primary amides is 1. The normalized spacial score (nSPS) is 16.8. The predicted molar refractivity (Wildman–Crippen MR) is 117 cm³/mol. The van der Waals surface area contributed by atoms with E-state index in [9.17, 15) is 14.4 Å². The molecule has 0 saturated carbocycles. The third kappa shape index (κ3) is 5.64. The molecule has 8 nitrogen and oxygen atoms in total. The Bertz CT molecular complexity index is 1020. The first kappa shape index (κ1) is 22.8. The molecule has 3 N–H and O–H groups in total. The standard InChI is InChI=1S/C24H26N4O4/c1-16(13-25)11-20(22(26)29)27-23(30)21-12-18-9-5-6-10-19(18)14-28(21)24(31)32-15-17-7-3-2-4-8-17/h2-10,16,20-21H,11-12,14-15H2,1H3,(H2,26,29)(H,27,30)/t16-,20-,21+/m1/s1. The number of hydrogen-bond donors (Lipinski definition) is 2. The van der Waals surface area contributed by atoms with E-state index in [0.717, 1.165) is 16.7 Å². The van der Waals surface area contributed by atoms with E-state index < -0.39 is 35.9 Å². The lowest BCUT2D eigenvalue weighted by atomic mass is 9.93. The summed E-state index contributed by atoms with van der Waals surface area (Å²) in [5, 5.41) is 11.7. The van der Waals surface area contributed by atoms with Crippen LogP contribution >= 0.6 is 0 Å². The highest BCUT2D eigenvalue weighted by molar-refractivity contribution is 5.91. The molecule has 0 saturated heterocycles. The minimum absolute atomic E-state index is 0.0791. The second-order valence-corrected chi connectivity index (χ2v) is 7.89. The Balaban J connectivity index is 1.78. The van der Waals surface area contributed by atoms with Crippen LogP contribution in [0.2, 0.25) is 0 Å². The van der Waals surface area contributed by atoms with Crippen LogP contribution in [-0.2, 0) is 33.9 Å². The maximum absolute atomic E-state index is 13.1. The maximum Gasteiger partial charge on any atom is 0.411 e. The monoisotopic (exact) mass is 434 g/mol. The van der Waals surface area contributed by atoms with Gasteiger partial charge in [0, 0.05) is 12.3 Å². The van der Waals surface area contributed by atoms with E-state index >= 15 is 0 Å². The van der Waals surface area contributed by atoms with Gasteiger partial charge in [-0.3, -0.25) is 14.5 Å². The Morgan fingerprint density at radius 1 is 1.16 bits per heavy atom. The second-order valence-electron chi connectivity index (χ2n) is 7.89. The smallest absolute Gasteiger partial charge is 0.411 e. The van der Waals surface area contributed by atoms with Gasteiger partial charge in [0.2, 0.25) is 11.8 Å². The molecule has 166 valence electrons. The number of amides is 3. The highest BCUT2D eigenvalue weighted by atomic mass is 16.6. The van der Waals surface area contributed by atoms with E-state index in [1.54, 1.807) is 6.92 Å². The molecular weight excluding hydrogens is 408 g/mol. The topological polar surface area (TPSA) is 126 Å². The molecule has 0 bridgehead atoms. The highest BCUT2D eigenvalue weighted by Crippen LogP contribution is 2.25. The van der Waals surface area contributed by atoms with Gasteiger partial charge < -0.3 is 15.8 Å². The number of nitrogens with two attached hydrogens (primary N) is 1. The van der Waals surface area contributed by atoms with Gasteiger partial charge in [-0.2, -0.15) is 5.26 Å². The van der Waals surface area contributed by atoms with E-state index in [1.165, 1.54) is 4.90 Å². The zero-order valence-corrected chi connectivity index (χ0v) is 17.9. The number of nitrogens with one attached hydrogen (secondary N) is 1. The van der Waals surface area contributed by atoms with E-state index in [0.29, 0.717) is 0 Å². The van der Waals surface area contributed by atoms with Gasteiger partial charge >= 0.3 is 6.09 Å². The van der Waals surface area contributed by atoms with E-state index in [2.05, 4.69) is 5.32 Å². The van der Waals surface area contributed by atoms with Crippen molar-refractivity contribution in [1.82, 2.24) is 10.2 Å². The van der Waals surface area contributed by atoms with Crippen molar-refractivity contribution in [3.63, 3.8) is 0 Å². The van der Waals surface area contributed by atoms with Gasteiger partial charge in [0.05, 0.1) is 12.6 Å². The molecule has 0 unspecified atom stereocenters. The number of ether oxygens (including phenoxy) is 1. The SMILES string of the molecule is C[C@@H](C#N)C[C@@H](NC(=O)[C@@H]1Cc2ccccc2CN1C(=O)OCc1ccccc1)C(N)=O. The molecule has 0 fully saturated rings. The molecule has 1 aliphatic rings. The first-order valence-electron chi connectivity index (χ1n) is 10.4. The van der Waals surface area contributed by atoms with Crippen molar-refractivity contribution < 1.29 is 19.1 Å². The summed E-state index contributed by atoms with van der Waals surface area (Å²) in [5.74, 6) is -1.70. The molecule has 1 aliphatic heterocycles. The van der Waals surface area contributed by atoms with E-state index in [1.807, 2.05) is 60.7 Å². The molecule has 0 aliphatic carbocycles. The van der Waals surface area contributed by atoms with Gasteiger partial charge in [0.1, 0.15) is 18.7 Å². The minimum atomic E-state index is -1.00. The zero-order valence-electron chi connectivity index (χ0n) is 17.9. The summed E-state index contributed by atoms with van der Waals surface area (Å²) in [6, 6.07) is 17.0. The molecule has 1 heterocycles. The highest BCUT2D eigenvalue weighted by Gasteiger charge is 2.37. The number of nitrogens with zero attached hydrogens (tertiary/aromatic N) is 2. The predicted octanol–water partition coefficient (Wildman–Crippen LogP) is 2.27. The summed E-state index contributed by atoms with van der Waals surface area (Å²) in [6.45, 7) is 1.93. The molecule has 0 aromatic heterocycles. The van der Waals surface area contributed by atoms with Crippen molar-refractivity contribution in [3.05, 3.63) is 71.3 Å². The van der Waals surface area contributed by atoms with Crippen molar-refractivity contribution >= 4 is 17.9 Å². The average Bonchev–Trinajstić information content (AvgIpc) is 2.81. The van der Waals surface area contributed by atoms with Crippen LogP contribution in [0, 0.1) is 17.2 Å². The summed E-state index contributed by atoms with van der Waals surface area (Å²) in [6.07, 6.45) is -0.245. The van der Waals surface area contributed by atoms with Crippen molar-refractivity contribution in [1.29, 1.82) is 5.26 Å². The van der Waals surface area contributed by atoms with Crippen molar-refractivity contribution in [2.75, 3.05) is 0 Å². The molecule has 3 amide bonds. The number of carbonyl (C=O) groups excluding carboxylic acids is 3. The Kier molecular flexibility index (Phi) is 7.45. The largest absolute Gasteiger partial charge is 0.445 e. The number of carbonyl (C=O) groups is 3. The number of nitriles is 1. The Labute approximate surface area is 187 Å². The Morgan fingerprint density at radius 2 is 1.81 bits per heavy atom. The number of fused-ring (bicyclic) bond motifs is 1. The maximum atomic E-state index is 13.1. The summed E-state index contributed by atoms with van der Waals surface area (Å²) in [7, 11) is 0. The van der Waals surface area contributed by atoms with Gasteiger partial charge in [0.25, 0.3) is 0 Å². The lowest BCUT2D eigenvalue weighted by Gasteiger charge is -2.35. The van der Waals surface area contributed by atoms with Crippen LogP contribution in [0.3, 0.4) is 0 Å². The number of hydrogen-bond acceptors (Lipinski definition) is 5. The molecule has 0 radical (unpaired) electrons. The molecule has 2 aromatic carbocycles. The van der Waals surface area contributed by atoms with Crippen LogP contribution in [0.15, 0.2) is 54.6 Å². The van der Waals surface area contributed by atoms with Crippen LogP contribution in [0.4, 0.5) is 4.79 Å². The van der Waals surface area contributed by atoms with Crippen LogP contribution in [-0.4, -0.2) is 34.9 Å². The molecular formula is C24H26N4O4. The first-order chi connectivity index (χ1) is 15.4. The molecule has 3 atom stereocenters. The van der Waals surface area contributed by atoms with Gasteiger partial charge in [-0.1, -0.05) is 54.6 Å². The fourth-order valence-corrected chi connectivity index (χ4v) is 3.67. The lowest BCUT2D eigenvalue weighted by molar-refractivity contribution is -0.131. The lowest BCUT2D eigenvalue weighted by Crippen LogP contribution is -2.56. The van der Waals surface area contributed by atoms with Gasteiger partial charge in [-0.25, -0.2) is 4.79 Å². The van der Waals surface area contributed by atoms with Crippen LogP contribution in [0.5, 0.6) is 0 Å². The van der Waals surface area contributed by atoms with Crippen molar-refractivity contribution in [2.24, 2.45) is 11.7 Å². The second kappa shape index (κ2) is 10.4. The van der Waals surface area contributed by atoms with Gasteiger partial charge in [-0.15, -0.1) is 0 Å². The van der Waals surface area contributed by atoms with E-state index in [4.69, 9.17) is 15.7 Å². The summed E-state index contributed by atoms with van der Waals surface area (Å²) < 4.78 is 5.47. The fourth-order valence-electron chi connectivity index (χ4n) is 3.67. The zero-order chi connectivity index (χ0) is 23.1. The van der Waals surface area contributed by atoms with E-state index in [-0.39, 0.29) is 26.0 Å². The third-order valence-corrected chi connectivity index (χ3v) is 5.46. The van der Waals surface area contributed by atoms with Crippen LogP contribution in [0.1, 0.15) is 30.0 Å². The van der Waals surface area contributed by atoms with Crippen molar-refractivity contribution in [2.45, 2.75) is 45.0 Å². The third-order valence-electron chi connectivity index (χ3n) is 5.46. The van der Waals surface area contributed by atoms with Crippen molar-refractivity contribution in [3.8, 4) is 6.07 Å². The molecule has 3 rings (SSSR count). The quantitative estimate of drug-likeness (QED) is 0.691. The Morgan fingerprint density at radius 3 is 2.47 bits per heavy atom. The summed E-state index contributed by atoms with van der Waals surface area (Å²) in [5.41, 5.74) is 8.14. The minimum Gasteiger partial charge on any atom is -0.445 e. The first-order valence-corrected chi connectivity index (χ1v) is 10.4. The number of benzene rings is 2. The van der Waals surface area contributed by atoms with Gasteiger partial charge in [0.15, 0.2) is 0 Å². The fraction of sp³-hybridized carbons (Fsp3) is 0.333. The molecule has 0 spiro atoms. The molecule has 8 heteroatoms. The van der Waals surface area contributed by atoms with Crippen LogP contribution < -0.4 is 11.1 Å². The summed E-state index contributed by atoms with van der Waals surface area (Å²) >= 11 is 0.